The van der Waals surface area contributed by atoms with E-state index in [4.69, 9.17) is 4.74 Å². The van der Waals surface area contributed by atoms with Crippen molar-refractivity contribution in [1.29, 1.82) is 0 Å². The van der Waals surface area contributed by atoms with Crippen LogP contribution >= 0.6 is 0 Å². The van der Waals surface area contributed by atoms with Gasteiger partial charge < -0.3 is 14.6 Å². The van der Waals surface area contributed by atoms with E-state index < -0.39 is 0 Å². The second-order valence-electron chi connectivity index (χ2n) is 4.53. The Kier molecular flexibility index (Phi) is 5.50. The summed E-state index contributed by atoms with van der Waals surface area (Å²) in [6.45, 7) is 5.74. The SMILES string of the molecule is CCCNCc1cccn1CCOc1ccccc1. The molecule has 0 bridgehead atoms. The van der Waals surface area contributed by atoms with E-state index >= 15 is 0 Å². The Morgan fingerprint density at radius 3 is 2.74 bits per heavy atom. The molecule has 0 aliphatic carbocycles. The van der Waals surface area contributed by atoms with Crippen molar-refractivity contribution in [2.24, 2.45) is 0 Å². The lowest BCUT2D eigenvalue weighted by Crippen LogP contribution is -2.18. The molecule has 0 saturated heterocycles. The molecule has 0 aliphatic heterocycles. The van der Waals surface area contributed by atoms with E-state index in [1.807, 2.05) is 30.3 Å². The molecule has 0 spiro atoms. The van der Waals surface area contributed by atoms with Gasteiger partial charge in [0.1, 0.15) is 12.4 Å². The van der Waals surface area contributed by atoms with Gasteiger partial charge in [-0.2, -0.15) is 0 Å². The number of hydrogen-bond acceptors (Lipinski definition) is 2. The summed E-state index contributed by atoms with van der Waals surface area (Å²) < 4.78 is 7.96. The molecule has 102 valence electrons. The summed E-state index contributed by atoms with van der Waals surface area (Å²) in [5.74, 6) is 0.931. The molecule has 19 heavy (non-hydrogen) atoms. The summed E-state index contributed by atoms with van der Waals surface area (Å²) in [5, 5.41) is 3.42. The molecule has 0 unspecified atom stereocenters. The van der Waals surface area contributed by atoms with Gasteiger partial charge >= 0.3 is 0 Å². The zero-order valence-corrected chi connectivity index (χ0v) is 11.5. The summed E-state index contributed by atoms with van der Waals surface area (Å²) in [5.41, 5.74) is 1.31. The highest BCUT2D eigenvalue weighted by molar-refractivity contribution is 5.20. The first-order chi connectivity index (χ1) is 9.40. The van der Waals surface area contributed by atoms with Crippen molar-refractivity contribution in [3.8, 4) is 5.75 Å². The van der Waals surface area contributed by atoms with Gasteiger partial charge in [0.15, 0.2) is 0 Å². The van der Waals surface area contributed by atoms with E-state index in [0.29, 0.717) is 6.61 Å². The fourth-order valence-corrected chi connectivity index (χ4v) is 2.00. The molecule has 2 aromatic rings. The Morgan fingerprint density at radius 2 is 1.95 bits per heavy atom. The van der Waals surface area contributed by atoms with Crippen LogP contribution in [0.1, 0.15) is 19.0 Å². The van der Waals surface area contributed by atoms with Crippen molar-refractivity contribution in [3.63, 3.8) is 0 Å². The van der Waals surface area contributed by atoms with Crippen LogP contribution in [0.25, 0.3) is 0 Å². The second kappa shape index (κ2) is 7.64. The smallest absolute Gasteiger partial charge is 0.119 e. The third-order valence-corrected chi connectivity index (χ3v) is 3.00. The average molecular weight is 258 g/mol. The number of aromatic nitrogens is 1. The van der Waals surface area contributed by atoms with E-state index in [1.54, 1.807) is 0 Å². The highest BCUT2D eigenvalue weighted by Crippen LogP contribution is 2.09. The predicted octanol–water partition coefficient (Wildman–Crippen LogP) is 3.07. The first kappa shape index (κ1) is 13.7. The normalized spacial score (nSPS) is 10.6. The average Bonchev–Trinajstić information content (AvgIpc) is 2.88. The molecule has 1 aromatic heterocycles. The Bertz CT molecular complexity index is 465. The zero-order valence-electron chi connectivity index (χ0n) is 11.5. The van der Waals surface area contributed by atoms with E-state index in [0.717, 1.165) is 31.8 Å². The number of hydrogen-bond donors (Lipinski definition) is 1. The quantitative estimate of drug-likeness (QED) is 0.736. The molecule has 1 heterocycles. The molecule has 0 fully saturated rings. The second-order valence-corrected chi connectivity index (χ2v) is 4.53. The standard InChI is InChI=1S/C16H22N2O/c1-2-10-17-14-15-7-6-11-18(15)12-13-19-16-8-4-3-5-9-16/h3-9,11,17H,2,10,12-14H2,1H3. The first-order valence-corrected chi connectivity index (χ1v) is 6.92. The number of para-hydroxylation sites is 1. The highest BCUT2D eigenvalue weighted by atomic mass is 16.5. The first-order valence-electron chi connectivity index (χ1n) is 6.92. The minimum atomic E-state index is 0.694. The number of rotatable bonds is 8. The molecule has 2 rings (SSSR count). The molecule has 0 atom stereocenters. The van der Waals surface area contributed by atoms with Gasteiger partial charge in [0, 0.05) is 18.4 Å². The third kappa shape index (κ3) is 4.45. The van der Waals surface area contributed by atoms with Crippen LogP contribution < -0.4 is 10.1 Å². The lowest BCUT2D eigenvalue weighted by Gasteiger charge is -2.11. The van der Waals surface area contributed by atoms with Gasteiger partial charge in [-0.1, -0.05) is 25.1 Å². The molecule has 0 saturated carbocycles. The van der Waals surface area contributed by atoms with Gasteiger partial charge in [0.05, 0.1) is 6.54 Å². The van der Waals surface area contributed by atoms with Crippen LogP contribution in [0.4, 0.5) is 0 Å². The Morgan fingerprint density at radius 1 is 1.11 bits per heavy atom. The van der Waals surface area contributed by atoms with Crippen molar-refractivity contribution in [2.75, 3.05) is 13.2 Å². The Hall–Kier alpha value is -1.74. The maximum absolute atomic E-state index is 5.72. The largest absolute Gasteiger partial charge is 0.492 e. The summed E-state index contributed by atoms with van der Waals surface area (Å²) in [4.78, 5) is 0. The van der Waals surface area contributed by atoms with Crippen LogP contribution in [0.15, 0.2) is 48.7 Å². The number of benzene rings is 1. The molecular weight excluding hydrogens is 236 g/mol. The zero-order chi connectivity index (χ0) is 13.3. The lowest BCUT2D eigenvalue weighted by atomic mass is 10.3. The third-order valence-electron chi connectivity index (χ3n) is 3.00. The number of nitrogens with zero attached hydrogens (tertiary/aromatic N) is 1. The van der Waals surface area contributed by atoms with Crippen LogP contribution in [-0.2, 0) is 13.1 Å². The topological polar surface area (TPSA) is 26.2 Å². The highest BCUT2D eigenvalue weighted by Gasteiger charge is 2.00. The van der Waals surface area contributed by atoms with Crippen molar-refractivity contribution >= 4 is 0 Å². The monoisotopic (exact) mass is 258 g/mol. The Balaban J connectivity index is 1.78. The lowest BCUT2D eigenvalue weighted by molar-refractivity contribution is 0.296. The van der Waals surface area contributed by atoms with E-state index in [1.165, 1.54) is 5.69 Å². The van der Waals surface area contributed by atoms with Crippen LogP contribution in [0.2, 0.25) is 0 Å². The van der Waals surface area contributed by atoms with Gasteiger partial charge in [-0.15, -0.1) is 0 Å². The van der Waals surface area contributed by atoms with E-state index in [9.17, 15) is 0 Å². The van der Waals surface area contributed by atoms with Crippen molar-refractivity contribution in [1.82, 2.24) is 9.88 Å². The molecule has 3 nitrogen and oxygen atoms in total. The maximum atomic E-state index is 5.72. The van der Waals surface area contributed by atoms with Crippen LogP contribution in [-0.4, -0.2) is 17.7 Å². The number of nitrogens with one attached hydrogen (secondary N) is 1. The fourth-order valence-electron chi connectivity index (χ4n) is 2.00. The van der Waals surface area contributed by atoms with Gasteiger partial charge in [-0.05, 0) is 37.2 Å². The van der Waals surface area contributed by atoms with Gasteiger partial charge in [-0.3, -0.25) is 0 Å². The van der Waals surface area contributed by atoms with Gasteiger partial charge in [0.2, 0.25) is 0 Å². The van der Waals surface area contributed by atoms with Crippen LogP contribution in [0.3, 0.4) is 0 Å². The van der Waals surface area contributed by atoms with Crippen molar-refractivity contribution in [2.45, 2.75) is 26.4 Å². The molecule has 0 aliphatic rings. The summed E-state index contributed by atoms with van der Waals surface area (Å²) in [7, 11) is 0. The number of ether oxygens (including phenoxy) is 1. The van der Waals surface area contributed by atoms with Gasteiger partial charge in [-0.25, -0.2) is 0 Å². The molecule has 1 N–H and O–H groups in total. The molecule has 3 heteroatoms. The summed E-state index contributed by atoms with van der Waals surface area (Å²) >= 11 is 0. The maximum Gasteiger partial charge on any atom is 0.119 e. The molecule has 0 amide bonds. The van der Waals surface area contributed by atoms with E-state index in [2.05, 4.69) is 35.1 Å². The molecule has 0 radical (unpaired) electrons. The molecule has 1 aromatic carbocycles. The fraction of sp³-hybridized carbons (Fsp3) is 0.375. The summed E-state index contributed by atoms with van der Waals surface area (Å²) in [6, 6.07) is 14.2. The van der Waals surface area contributed by atoms with Crippen LogP contribution in [0, 0.1) is 0 Å². The van der Waals surface area contributed by atoms with Crippen molar-refractivity contribution < 1.29 is 4.74 Å². The van der Waals surface area contributed by atoms with Crippen molar-refractivity contribution in [3.05, 3.63) is 54.4 Å². The summed E-state index contributed by atoms with van der Waals surface area (Å²) in [6.07, 6.45) is 3.27. The predicted molar refractivity (Wildman–Crippen MR) is 78.4 cm³/mol. The Labute approximate surface area is 115 Å². The van der Waals surface area contributed by atoms with Gasteiger partial charge in [0.25, 0.3) is 0 Å². The van der Waals surface area contributed by atoms with Crippen LogP contribution in [0.5, 0.6) is 5.75 Å². The minimum absolute atomic E-state index is 0.694. The minimum Gasteiger partial charge on any atom is -0.492 e. The van der Waals surface area contributed by atoms with E-state index in [-0.39, 0.29) is 0 Å². The molecular formula is C16H22N2O.